The molecule has 4 nitrogen and oxygen atoms in total. The number of carbonyl (C=O) groups is 1. The number of aromatic hydroxyl groups is 2. The van der Waals surface area contributed by atoms with Crippen molar-refractivity contribution >= 4 is 5.78 Å². The molecule has 0 heterocycles. The van der Waals surface area contributed by atoms with Gasteiger partial charge in [-0.3, -0.25) is 4.79 Å². The molecule has 1 aromatic rings. The minimum absolute atomic E-state index is 0.0426. The summed E-state index contributed by atoms with van der Waals surface area (Å²) in [6.45, 7) is 4.48. The van der Waals surface area contributed by atoms with E-state index in [9.17, 15) is 15.0 Å². The van der Waals surface area contributed by atoms with E-state index in [0.29, 0.717) is 22.6 Å². The molecular weight excluding hydrogens is 218 g/mol. The fourth-order valence-electron chi connectivity index (χ4n) is 1.34. The summed E-state index contributed by atoms with van der Waals surface area (Å²) in [5.74, 6) is -0.510. The number of likely N-dealkylation sites (N-methyl/N-ethyl adjacent to an activating group) is 1. The molecule has 2 N–H and O–H groups in total. The number of Topliss-reactive ketones (excluding diaryl/α,β-unsaturated/α-hetero) is 1. The third kappa shape index (κ3) is 3.20. The van der Waals surface area contributed by atoms with Gasteiger partial charge in [0, 0.05) is 5.56 Å². The standard InChI is InChI=1S/C13H19NO3/c1-9(2)14(3,4)8-13(17)10-5-6-11(15)12(16)7-10/h5-7,9H,8H2,1-4H3,(H-,15,16,17)/p+1. The van der Waals surface area contributed by atoms with Crippen LogP contribution in [-0.4, -0.2) is 47.2 Å². The zero-order valence-corrected chi connectivity index (χ0v) is 10.8. The lowest BCUT2D eigenvalue weighted by Crippen LogP contribution is -2.49. The predicted octanol–water partition coefficient (Wildman–Crippen LogP) is 1.77. The van der Waals surface area contributed by atoms with Gasteiger partial charge in [-0.05, 0) is 32.0 Å². The molecule has 0 bridgehead atoms. The molecule has 1 aromatic carbocycles. The Hall–Kier alpha value is -1.55. The number of hydrogen-bond acceptors (Lipinski definition) is 3. The van der Waals surface area contributed by atoms with Gasteiger partial charge in [-0.25, -0.2) is 0 Å². The average Bonchev–Trinajstić information content (AvgIpc) is 2.21. The first kappa shape index (κ1) is 13.5. The van der Waals surface area contributed by atoms with E-state index in [1.807, 2.05) is 14.1 Å². The summed E-state index contributed by atoms with van der Waals surface area (Å²) >= 11 is 0. The Morgan fingerprint density at radius 3 is 2.29 bits per heavy atom. The summed E-state index contributed by atoms with van der Waals surface area (Å²) in [6.07, 6.45) is 0. The first-order chi connectivity index (χ1) is 7.74. The summed E-state index contributed by atoms with van der Waals surface area (Å²) in [5, 5.41) is 18.5. The van der Waals surface area contributed by atoms with Gasteiger partial charge in [-0.1, -0.05) is 0 Å². The number of benzene rings is 1. The van der Waals surface area contributed by atoms with E-state index in [-0.39, 0.29) is 17.3 Å². The van der Waals surface area contributed by atoms with Crippen LogP contribution in [-0.2, 0) is 0 Å². The number of quaternary nitrogens is 1. The Morgan fingerprint density at radius 2 is 1.82 bits per heavy atom. The molecule has 0 radical (unpaired) electrons. The summed E-state index contributed by atoms with van der Waals surface area (Å²) in [4.78, 5) is 12.0. The van der Waals surface area contributed by atoms with E-state index in [1.165, 1.54) is 18.2 Å². The van der Waals surface area contributed by atoms with Crippen LogP contribution >= 0.6 is 0 Å². The van der Waals surface area contributed by atoms with Gasteiger partial charge in [-0.2, -0.15) is 0 Å². The molecule has 0 aliphatic carbocycles. The Bertz CT molecular complexity index is 425. The molecule has 0 spiro atoms. The van der Waals surface area contributed by atoms with E-state index in [1.54, 1.807) is 0 Å². The van der Waals surface area contributed by atoms with E-state index < -0.39 is 0 Å². The van der Waals surface area contributed by atoms with Crippen LogP contribution in [0, 0.1) is 0 Å². The van der Waals surface area contributed by atoms with Crippen molar-refractivity contribution in [2.45, 2.75) is 19.9 Å². The van der Waals surface area contributed by atoms with Crippen molar-refractivity contribution in [1.82, 2.24) is 0 Å². The van der Waals surface area contributed by atoms with Gasteiger partial charge >= 0.3 is 0 Å². The lowest BCUT2D eigenvalue weighted by Gasteiger charge is -2.33. The monoisotopic (exact) mass is 238 g/mol. The molecule has 0 fully saturated rings. The topological polar surface area (TPSA) is 57.5 Å². The first-order valence-corrected chi connectivity index (χ1v) is 5.62. The van der Waals surface area contributed by atoms with Crippen LogP contribution in [0.25, 0.3) is 0 Å². The van der Waals surface area contributed by atoms with Gasteiger partial charge in [0.15, 0.2) is 11.5 Å². The largest absolute Gasteiger partial charge is 0.504 e. The van der Waals surface area contributed by atoms with Crippen molar-refractivity contribution < 1.29 is 19.5 Å². The van der Waals surface area contributed by atoms with Gasteiger partial charge in [0.2, 0.25) is 5.78 Å². The Morgan fingerprint density at radius 1 is 1.24 bits per heavy atom. The minimum Gasteiger partial charge on any atom is -0.504 e. The molecule has 0 amide bonds. The number of phenols is 2. The van der Waals surface area contributed by atoms with Gasteiger partial charge in [-0.15, -0.1) is 0 Å². The molecule has 4 heteroatoms. The summed E-state index contributed by atoms with van der Waals surface area (Å²) in [6, 6.07) is 4.50. The van der Waals surface area contributed by atoms with Crippen molar-refractivity contribution in [2.75, 3.05) is 20.6 Å². The molecule has 1 rings (SSSR count). The number of rotatable bonds is 4. The number of carbonyl (C=O) groups excluding carboxylic acids is 1. The summed E-state index contributed by atoms with van der Waals surface area (Å²) < 4.78 is 0.584. The average molecular weight is 238 g/mol. The fraction of sp³-hybridized carbons (Fsp3) is 0.462. The highest BCUT2D eigenvalue weighted by atomic mass is 16.3. The molecule has 0 atom stereocenters. The normalized spacial score (nSPS) is 11.8. The van der Waals surface area contributed by atoms with Gasteiger partial charge in [0.05, 0.1) is 20.1 Å². The molecule has 17 heavy (non-hydrogen) atoms. The Labute approximate surface area is 102 Å². The molecule has 0 unspecified atom stereocenters. The van der Waals surface area contributed by atoms with Crippen LogP contribution in [0.3, 0.4) is 0 Å². The highest BCUT2D eigenvalue weighted by molar-refractivity contribution is 5.97. The summed E-state index contributed by atoms with van der Waals surface area (Å²) in [7, 11) is 3.98. The van der Waals surface area contributed by atoms with Crippen molar-refractivity contribution in [3.63, 3.8) is 0 Å². The summed E-state index contributed by atoms with van der Waals surface area (Å²) in [5.41, 5.74) is 0.423. The highest BCUT2D eigenvalue weighted by Crippen LogP contribution is 2.25. The minimum atomic E-state index is -0.259. The molecule has 94 valence electrons. The van der Waals surface area contributed by atoms with Crippen LogP contribution in [0.2, 0.25) is 0 Å². The number of hydrogen-bond donors (Lipinski definition) is 2. The fourth-order valence-corrected chi connectivity index (χ4v) is 1.34. The van der Waals surface area contributed by atoms with Crippen molar-refractivity contribution in [2.24, 2.45) is 0 Å². The van der Waals surface area contributed by atoms with Crippen LogP contribution < -0.4 is 0 Å². The third-order valence-electron chi connectivity index (χ3n) is 3.25. The second kappa shape index (κ2) is 4.75. The van der Waals surface area contributed by atoms with Gasteiger partial charge < -0.3 is 14.7 Å². The third-order valence-corrected chi connectivity index (χ3v) is 3.25. The molecule has 0 saturated heterocycles. The van der Waals surface area contributed by atoms with E-state index in [4.69, 9.17) is 0 Å². The quantitative estimate of drug-likeness (QED) is 0.477. The van der Waals surface area contributed by atoms with Crippen LogP contribution in [0.5, 0.6) is 11.5 Å². The second-order valence-corrected chi connectivity index (χ2v) is 5.16. The number of nitrogens with zero attached hydrogens (tertiary/aromatic N) is 1. The number of phenolic OH excluding ortho intramolecular Hbond substituents is 2. The maximum atomic E-state index is 12.0. The predicted molar refractivity (Wildman–Crippen MR) is 66.2 cm³/mol. The zero-order chi connectivity index (χ0) is 13.2. The van der Waals surface area contributed by atoms with Crippen molar-refractivity contribution in [3.8, 4) is 11.5 Å². The second-order valence-electron chi connectivity index (χ2n) is 5.16. The highest BCUT2D eigenvalue weighted by Gasteiger charge is 2.24. The Balaban J connectivity index is 2.87. The molecule has 0 aliphatic heterocycles. The molecule has 0 saturated carbocycles. The van der Waals surface area contributed by atoms with Crippen molar-refractivity contribution in [1.29, 1.82) is 0 Å². The lowest BCUT2D eigenvalue weighted by atomic mass is 10.1. The number of ketones is 1. The van der Waals surface area contributed by atoms with E-state index >= 15 is 0 Å². The smallest absolute Gasteiger partial charge is 0.217 e. The molecule has 0 aromatic heterocycles. The zero-order valence-electron chi connectivity index (χ0n) is 10.8. The Kier molecular flexibility index (Phi) is 3.78. The maximum absolute atomic E-state index is 12.0. The van der Waals surface area contributed by atoms with Crippen LogP contribution in [0.4, 0.5) is 0 Å². The van der Waals surface area contributed by atoms with Crippen LogP contribution in [0.1, 0.15) is 24.2 Å². The van der Waals surface area contributed by atoms with E-state index in [2.05, 4.69) is 13.8 Å². The maximum Gasteiger partial charge on any atom is 0.217 e. The van der Waals surface area contributed by atoms with Gasteiger partial charge in [0.1, 0.15) is 6.54 Å². The van der Waals surface area contributed by atoms with E-state index in [0.717, 1.165) is 0 Å². The first-order valence-electron chi connectivity index (χ1n) is 5.62. The van der Waals surface area contributed by atoms with Gasteiger partial charge in [0.25, 0.3) is 0 Å². The SMILES string of the molecule is CC(C)[N+](C)(C)CC(=O)c1ccc(O)c(O)c1. The molecule has 0 aliphatic rings. The lowest BCUT2D eigenvalue weighted by molar-refractivity contribution is -0.903. The van der Waals surface area contributed by atoms with Crippen LogP contribution in [0.15, 0.2) is 18.2 Å². The van der Waals surface area contributed by atoms with Crippen molar-refractivity contribution in [3.05, 3.63) is 23.8 Å². The molecular formula is C13H20NO3+.